The van der Waals surface area contributed by atoms with Gasteiger partial charge in [0, 0.05) is 34.1 Å². The first-order valence-corrected chi connectivity index (χ1v) is 7.56. The molecule has 2 bridgehead atoms. The SMILES string of the molecule is O=Cc1cc2c(cc1C=O)C1C=CC2c2cc(C=O)c(C=O)cc21. The highest BCUT2D eigenvalue weighted by Gasteiger charge is 2.35. The molecule has 0 atom stereocenters. The molecule has 0 aliphatic heterocycles. The highest BCUT2D eigenvalue weighted by atomic mass is 16.1. The molecule has 0 saturated heterocycles. The van der Waals surface area contributed by atoms with Crippen molar-refractivity contribution in [1.29, 1.82) is 0 Å². The number of carbonyl (C=O) groups is 4. The van der Waals surface area contributed by atoms with Crippen LogP contribution in [0.4, 0.5) is 0 Å². The lowest BCUT2D eigenvalue weighted by molar-refractivity contribution is 0.109. The Kier molecular flexibility index (Phi) is 3.13. The zero-order chi connectivity index (χ0) is 16.8. The molecular weight excluding hydrogens is 304 g/mol. The minimum absolute atomic E-state index is 0.0844. The van der Waals surface area contributed by atoms with Crippen LogP contribution in [0.5, 0.6) is 0 Å². The van der Waals surface area contributed by atoms with Crippen LogP contribution in [-0.2, 0) is 0 Å². The van der Waals surface area contributed by atoms with E-state index in [0.717, 1.165) is 22.3 Å². The van der Waals surface area contributed by atoms with Crippen molar-refractivity contribution >= 4 is 25.1 Å². The molecule has 3 aliphatic carbocycles. The van der Waals surface area contributed by atoms with E-state index in [0.29, 0.717) is 47.4 Å². The third kappa shape index (κ3) is 1.80. The average Bonchev–Trinajstić information content (AvgIpc) is 2.65. The fraction of sp³-hybridized carbons (Fsp3) is 0.100. The van der Waals surface area contributed by atoms with E-state index in [1.807, 2.05) is 12.2 Å². The molecule has 0 fully saturated rings. The van der Waals surface area contributed by atoms with Gasteiger partial charge < -0.3 is 0 Å². The highest BCUT2D eigenvalue weighted by molar-refractivity contribution is 5.93. The monoisotopic (exact) mass is 316 g/mol. The molecule has 0 saturated carbocycles. The second-order valence-corrected chi connectivity index (χ2v) is 6.03. The Morgan fingerprint density at radius 1 is 0.500 bits per heavy atom. The lowest BCUT2D eigenvalue weighted by atomic mass is 9.66. The van der Waals surface area contributed by atoms with Gasteiger partial charge in [-0.1, -0.05) is 12.2 Å². The summed E-state index contributed by atoms with van der Waals surface area (Å²) in [6, 6.07) is 7.02. The van der Waals surface area contributed by atoms with E-state index < -0.39 is 0 Å². The Morgan fingerprint density at radius 3 is 0.958 bits per heavy atom. The molecule has 0 amide bonds. The molecular formula is C20H12O4. The maximum atomic E-state index is 11.2. The largest absolute Gasteiger partial charge is 0.298 e. The summed E-state index contributed by atoms with van der Waals surface area (Å²) in [5.41, 5.74) is 5.35. The minimum atomic E-state index is -0.0844. The van der Waals surface area contributed by atoms with Crippen molar-refractivity contribution in [3.8, 4) is 0 Å². The van der Waals surface area contributed by atoms with Crippen LogP contribution in [0.2, 0.25) is 0 Å². The molecule has 0 N–H and O–H groups in total. The maximum Gasteiger partial charge on any atom is 0.150 e. The Bertz CT molecular complexity index is 805. The van der Waals surface area contributed by atoms with Crippen LogP contribution in [0.1, 0.15) is 75.5 Å². The van der Waals surface area contributed by atoms with Gasteiger partial charge in [-0.2, -0.15) is 0 Å². The smallest absolute Gasteiger partial charge is 0.150 e. The van der Waals surface area contributed by atoms with Crippen LogP contribution in [0.3, 0.4) is 0 Å². The summed E-state index contributed by atoms with van der Waals surface area (Å²) < 4.78 is 0. The molecule has 0 unspecified atom stereocenters. The van der Waals surface area contributed by atoms with Gasteiger partial charge in [0.2, 0.25) is 0 Å². The average molecular weight is 316 g/mol. The van der Waals surface area contributed by atoms with Gasteiger partial charge in [-0.05, 0) is 46.5 Å². The van der Waals surface area contributed by atoms with E-state index in [2.05, 4.69) is 0 Å². The predicted molar refractivity (Wildman–Crippen MR) is 87.3 cm³/mol. The van der Waals surface area contributed by atoms with Crippen molar-refractivity contribution in [2.75, 3.05) is 0 Å². The van der Waals surface area contributed by atoms with E-state index in [9.17, 15) is 19.2 Å². The number of hydrogen-bond acceptors (Lipinski definition) is 4. The first-order chi connectivity index (χ1) is 11.7. The quantitative estimate of drug-likeness (QED) is 0.642. The molecule has 4 nitrogen and oxygen atoms in total. The first-order valence-electron chi connectivity index (χ1n) is 7.56. The second kappa shape index (κ2) is 5.20. The first kappa shape index (κ1) is 14.5. The molecule has 3 aliphatic rings. The van der Waals surface area contributed by atoms with Crippen LogP contribution in [0.15, 0.2) is 36.4 Å². The van der Waals surface area contributed by atoms with Gasteiger partial charge in [0.25, 0.3) is 0 Å². The third-order valence-electron chi connectivity index (χ3n) is 4.92. The third-order valence-corrected chi connectivity index (χ3v) is 4.92. The van der Waals surface area contributed by atoms with Crippen molar-refractivity contribution in [3.63, 3.8) is 0 Å². The summed E-state index contributed by atoms with van der Waals surface area (Å²) in [5, 5.41) is 0. The van der Waals surface area contributed by atoms with Crippen LogP contribution < -0.4 is 0 Å². The Morgan fingerprint density at radius 2 is 0.750 bits per heavy atom. The van der Waals surface area contributed by atoms with Gasteiger partial charge >= 0.3 is 0 Å². The maximum absolute atomic E-state index is 11.2. The van der Waals surface area contributed by atoms with Gasteiger partial charge in [-0.3, -0.25) is 19.2 Å². The minimum Gasteiger partial charge on any atom is -0.298 e. The Labute approximate surface area is 137 Å². The van der Waals surface area contributed by atoms with E-state index in [-0.39, 0.29) is 11.8 Å². The summed E-state index contributed by atoms with van der Waals surface area (Å²) in [4.78, 5) is 45.0. The van der Waals surface area contributed by atoms with Crippen LogP contribution >= 0.6 is 0 Å². The number of aldehydes is 4. The van der Waals surface area contributed by atoms with E-state index in [1.165, 1.54) is 0 Å². The lowest BCUT2D eigenvalue weighted by Gasteiger charge is -2.37. The summed E-state index contributed by atoms with van der Waals surface area (Å²) in [5.74, 6) is -0.169. The Balaban J connectivity index is 1.99. The summed E-state index contributed by atoms with van der Waals surface area (Å²) in [6.45, 7) is 0. The molecule has 2 aromatic carbocycles. The fourth-order valence-electron chi connectivity index (χ4n) is 3.79. The Hall–Kier alpha value is -3.14. The molecule has 0 aromatic heterocycles. The number of allylic oxidation sites excluding steroid dienone is 2. The summed E-state index contributed by atoms with van der Waals surface area (Å²) >= 11 is 0. The van der Waals surface area contributed by atoms with Gasteiger partial charge in [0.15, 0.2) is 25.1 Å². The molecule has 0 spiro atoms. The van der Waals surface area contributed by atoms with E-state index in [1.54, 1.807) is 24.3 Å². The van der Waals surface area contributed by atoms with Crippen molar-refractivity contribution in [3.05, 3.63) is 80.9 Å². The molecule has 2 aromatic rings. The van der Waals surface area contributed by atoms with Crippen molar-refractivity contribution < 1.29 is 19.2 Å². The van der Waals surface area contributed by atoms with Crippen molar-refractivity contribution in [2.24, 2.45) is 0 Å². The van der Waals surface area contributed by atoms with E-state index in [4.69, 9.17) is 0 Å². The number of carbonyl (C=O) groups excluding carboxylic acids is 4. The fourth-order valence-corrected chi connectivity index (χ4v) is 3.79. The molecule has 4 heteroatoms. The van der Waals surface area contributed by atoms with Crippen LogP contribution in [0, 0.1) is 0 Å². The highest BCUT2D eigenvalue weighted by Crippen LogP contribution is 2.49. The summed E-state index contributed by atoms with van der Waals surface area (Å²) in [7, 11) is 0. The van der Waals surface area contributed by atoms with Gasteiger partial charge in [-0.15, -0.1) is 0 Å². The lowest BCUT2D eigenvalue weighted by Crippen LogP contribution is -2.22. The standard InChI is InChI=1S/C20H12O4/c21-7-11-3-17-15-1-2-16(19(17)5-13(11)9-23)20-6-14(10-24)12(8-22)4-18(15)20/h1-10,15-16H. The zero-order valence-corrected chi connectivity index (χ0v) is 12.6. The van der Waals surface area contributed by atoms with Gasteiger partial charge in [-0.25, -0.2) is 0 Å². The van der Waals surface area contributed by atoms with Crippen molar-refractivity contribution in [1.82, 2.24) is 0 Å². The summed E-state index contributed by atoms with van der Waals surface area (Å²) in [6.07, 6.45) is 6.82. The number of benzene rings is 2. The second-order valence-electron chi connectivity index (χ2n) is 6.03. The van der Waals surface area contributed by atoms with E-state index >= 15 is 0 Å². The number of hydrogen-bond donors (Lipinski definition) is 0. The number of rotatable bonds is 4. The predicted octanol–water partition coefficient (Wildman–Crippen LogP) is 3.08. The van der Waals surface area contributed by atoms with Crippen LogP contribution in [-0.4, -0.2) is 25.1 Å². The molecule has 0 radical (unpaired) electrons. The normalized spacial score (nSPS) is 19.3. The zero-order valence-electron chi connectivity index (χ0n) is 12.6. The van der Waals surface area contributed by atoms with Gasteiger partial charge in [0.05, 0.1) is 0 Å². The van der Waals surface area contributed by atoms with Crippen molar-refractivity contribution in [2.45, 2.75) is 11.8 Å². The molecule has 0 heterocycles. The topological polar surface area (TPSA) is 68.3 Å². The molecule has 5 rings (SSSR count). The van der Waals surface area contributed by atoms with Crippen LogP contribution in [0.25, 0.3) is 0 Å². The molecule has 116 valence electrons. The van der Waals surface area contributed by atoms with Gasteiger partial charge in [0.1, 0.15) is 0 Å². The molecule has 24 heavy (non-hydrogen) atoms.